The molecule has 0 spiro atoms. The largest absolute Gasteiger partial charge is 0.416 e. The van der Waals surface area contributed by atoms with Gasteiger partial charge < -0.3 is 0 Å². The second kappa shape index (κ2) is 6.93. The Kier molecular flexibility index (Phi) is 4.96. The predicted octanol–water partition coefficient (Wildman–Crippen LogP) is 5.08. The van der Waals surface area contributed by atoms with Crippen molar-refractivity contribution in [2.75, 3.05) is 4.72 Å². The molecule has 0 aliphatic heterocycles. The van der Waals surface area contributed by atoms with E-state index in [9.17, 15) is 26.0 Å². The van der Waals surface area contributed by atoms with Crippen LogP contribution in [-0.2, 0) is 16.2 Å². The van der Waals surface area contributed by atoms with Crippen molar-refractivity contribution in [1.82, 2.24) is 4.98 Å². The number of alkyl halides is 3. The first kappa shape index (κ1) is 19.3. The van der Waals surface area contributed by atoms with Crippen molar-refractivity contribution in [3.63, 3.8) is 0 Å². The smallest absolute Gasteiger partial charge is 0.255 e. The van der Waals surface area contributed by atoms with Crippen molar-refractivity contribution in [3.05, 3.63) is 64.8 Å². The van der Waals surface area contributed by atoms with Gasteiger partial charge >= 0.3 is 6.18 Å². The van der Waals surface area contributed by atoms with Gasteiger partial charge in [-0.2, -0.15) is 13.2 Å². The van der Waals surface area contributed by atoms with Crippen LogP contribution in [0.3, 0.4) is 0 Å². The number of thiazole rings is 1. The molecule has 4 nitrogen and oxygen atoms in total. The van der Waals surface area contributed by atoms with Crippen LogP contribution in [0.2, 0.25) is 0 Å². The van der Waals surface area contributed by atoms with Crippen LogP contribution in [-0.4, -0.2) is 13.4 Å². The molecule has 3 rings (SSSR count). The fourth-order valence-electron chi connectivity index (χ4n) is 2.38. The summed E-state index contributed by atoms with van der Waals surface area (Å²) in [6, 6.07) is 8.37. The zero-order valence-corrected chi connectivity index (χ0v) is 15.3. The van der Waals surface area contributed by atoms with Crippen LogP contribution < -0.4 is 4.72 Å². The Labute approximate surface area is 156 Å². The summed E-state index contributed by atoms with van der Waals surface area (Å²) in [4.78, 5) is 4.04. The highest BCUT2D eigenvalue weighted by Gasteiger charge is 2.31. The molecule has 142 valence electrons. The van der Waals surface area contributed by atoms with Gasteiger partial charge in [-0.15, -0.1) is 11.3 Å². The number of hydrogen-bond donors (Lipinski definition) is 1. The fraction of sp³-hybridized carbons (Fsp3) is 0.118. The first-order valence-electron chi connectivity index (χ1n) is 7.48. The maximum Gasteiger partial charge on any atom is 0.416 e. The third-order valence-electron chi connectivity index (χ3n) is 3.63. The van der Waals surface area contributed by atoms with Crippen molar-refractivity contribution < 1.29 is 26.0 Å². The van der Waals surface area contributed by atoms with Crippen LogP contribution in [0.15, 0.2) is 52.7 Å². The zero-order valence-electron chi connectivity index (χ0n) is 13.7. The van der Waals surface area contributed by atoms with Gasteiger partial charge in [0.25, 0.3) is 10.0 Å². The van der Waals surface area contributed by atoms with Gasteiger partial charge in [-0.1, -0.05) is 18.2 Å². The van der Waals surface area contributed by atoms with Gasteiger partial charge in [-0.25, -0.2) is 17.8 Å². The van der Waals surface area contributed by atoms with Gasteiger partial charge in [0, 0.05) is 10.9 Å². The average Bonchev–Trinajstić information content (AvgIpc) is 3.01. The Hall–Kier alpha value is -2.46. The number of nitrogens with zero attached hydrogens (tertiary/aromatic N) is 1. The Morgan fingerprint density at radius 2 is 1.81 bits per heavy atom. The van der Waals surface area contributed by atoms with Crippen LogP contribution in [0.4, 0.5) is 22.7 Å². The lowest BCUT2D eigenvalue weighted by atomic mass is 10.1. The second-order valence-corrected chi connectivity index (χ2v) is 8.14. The Morgan fingerprint density at radius 3 is 2.48 bits per heavy atom. The lowest BCUT2D eigenvalue weighted by molar-refractivity contribution is -0.137. The molecule has 0 unspecified atom stereocenters. The normalized spacial score (nSPS) is 12.2. The molecule has 0 saturated heterocycles. The van der Waals surface area contributed by atoms with Crippen molar-refractivity contribution in [1.29, 1.82) is 0 Å². The van der Waals surface area contributed by atoms with Crippen LogP contribution in [0.5, 0.6) is 0 Å². The third-order valence-corrected chi connectivity index (χ3v) is 6.02. The van der Waals surface area contributed by atoms with Crippen molar-refractivity contribution in [2.24, 2.45) is 0 Å². The lowest BCUT2D eigenvalue weighted by Gasteiger charge is -2.08. The lowest BCUT2D eigenvalue weighted by Crippen LogP contribution is -2.14. The summed E-state index contributed by atoms with van der Waals surface area (Å²) in [6.07, 6.45) is -4.71. The summed E-state index contributed by atoms with van der Waals surface area (Å²) < 4.78 is 79.3. The van der Waals surface area contributed by atoms with E-state index in [0.717, 1.165) is 23.5 Å². The molecule has 0 aliphatic carbocycles. The van der Waals surface area contributed by atoms with Crippen LogP contribution in [0.25, 0.3) is 11.3 Å². The molecule has 27 heavy (non-hydrogen) atoms. The molecule has 2 aromatic carbocycles. The van der Waals surface area contributed by atoms with Crippen molar-refractivity contribution in [2.45, 2.75) is 18.0 Å². The summed E-state index contributed by atoms with van der Waals surface area (Å²) in [5.41, 5.74) is -0.679. The summed E-state index contributed by atoms with van der Waals surface area (Å²) in [6.45, 7) is 1.63. The molecule has 1 aromatic heterocycles. The minimum absolute atomic E-state index is 0.0347. The highest BCUT2D eigenvalue weighted by molar-refractivity contribution is 7.93. The van der Waals surface area contributed by atoms with E-state index in [1.165, 1.54) is 11.4 Å². The van der Waals surface area contributed by atoms with Crippen LogP contribution >= 0.6 is 11.3 Å². The summed E-state index contributed by atoms with van der Waals surface area (Å²) in [5, 5.41) is 1.32. The van der Waals surface area contributed by atoms with Gasteiger partial charge in [0.2, 0.25) is 0 Å². The number of benzene rings is 2. The van der Waals surface area contributed by atoms with Crippen molar-refractivity contribution >= 4 is 26.5 Å². The summed E-state index contributed by atoms with van der Waals surface area (Å²) >= 11 is 0.886. The molecule has 0 saturated carbocycles. The average molecular weight is 416 g/mol. The van der Waals surface area contributed by atoms with E-state index < -0.39 is 27.6 Å². The molecule has 1 heterocycles. The number of nitrogens with one attached hydrogen (secondary N) is 1. The van der Waals surface area contributed by atoms with Gasteiger partial charge in [-0.05, 0) is 36.8 Å². The molecule has 0 radical (unpaired) electrons. The zero-order chi connectivity index (χ0) is 19.8. The molecule has 3 aromatic rings. The molecule has 0 amide bonds. The first-order valence-corrected chi connectivity index (χ1v) is 9.85. The SMILES string of the molecule is Cc1ccccc1S(=O)(=O)Nc1nc(-c2cc(F)cc(C(F)(F)F)c2)cs1. The maximum atomic E-state index is 13.6. The van der Waals surface area contributed by atoms with Gasteiger partial charge in [0.15, 0.2) is 5.13 Å². The monoisotopic (exact) mass is 416 g/mol. The highest BCUT2D eigenvalue weighted by Crippen LogP contribution is 2.34. The molecule has 10 heteroatoms. The topological polar surface area (TPSA) is 59.1 Å². The highest BCUT2D eigenvalue weighted by atomic mass is 32.2. The van der Waals surface area contributed by atoms with E-state index in [4.69, 9.17) is 0 Å². The summed E-state index contributed by atoms with van der Waals surface area (Å²) in [5.74, 6) is -1.06. The third kappa shape index (κ3) is 4.28. The first-order chi connectivity index (χ1) is 12.6. The Bertz CT molecular complexity index is 1090. The standard InChI is InChI=1S/C17H12F4N2O2S2/c1-10-4-2-3-5-15(10)27(24,25)23-16-22-14(9-26-16)11-6-12(17(19,20)21)8-13(18)7-11/h2-9H,1H3,(H,22,23). The molecular weight excluding hydrogens is 404 g/mol. The van der Waals surface area contributed by atoms with E-state index >= 15 is 0 Å². The summed E-state index contributed by atoms with van der Waals surface area (Å²) in [7, 11) is -3.91. The van der Waals surface area contributed by atoms with E-state index in [-0.39, 0.29) is 21.3 Å². The van der Waals surface area contributed by atoms with E-state index in [1.54, 1.807) is 25.1 Å². The quantitative estimate of drug-likeness (QED) is 0.604. The molecule has 0 fully saturated rings. The Morgan fingerprint density at radius 1 is 1.11 bits per heavy atom. The number of hydrogen-bond acceptors (Lipinski definition) is 4. The number of sulfonamides is 1. The van der Waals surface area contributed by atoms with Gasteiger partial charge in [-0.3, -0.25) is 4.72 Å². The number of aromatic nitrogens is 1. The van der Waals surface area contributed by atoms with Crippen molar-refractivity contribution in [3.8, 4) is 11.3 Å². The van der Waals surface area contributed by atoms with E-state index in [1.807, 2.05) is 0 Å². The number of halogens is 4. The minimum atomic E-state index is -4.71. The molecule has 1 N–H and O–H groups in total. The molecular formula is C17H12F4N2O2S2. The van der Waals surface area contributed by atoms with Gasteiger partial charge in [0.1, 0.15) is 5.82 Å². The molecule has 0 bridgehead atoms. The number of anilines is 1. The van der Waals surface area contributed by atoms with Gasteiger partial charge in [0.05, 0.1) is 16.2 Å². The van der Waals surface area contributed by atoms with Crippen LogP contribution in [0.1, 0.15) is 11.1 Å². The van der Waals surface area contributed by atoms with E-state index in [0.29, 0.717) is 11.6 Å². The molecule has 0 atom stereocenters. The maximum absolute atomic E-state index is 13.6. The number of rotatable bonds is 4. The fourth-order valence-corrected chi connectivity index (χ4v) is 4.60. The molecule has 0 aliphatic rings. The predicted molar refractivity (Wildman–Crippen MR) is 94.5 cm³/mol. The number of aryl methyl sites for hydroxylation is 1. The van der Waals surface area contributed by atoms with E-state index in [2.05, 4.69) is 9.71 Å². The minimum Gasteiger partial charge on any atom is -0.255 e. The Balaban J connectivity index is 1.92. The van der Waals surface area contributed by atoms with Crippen LogP contribution in [0, 0.1) is 12.7 Å². The second-order valence-electron chi connectivity index (χ2n) is 5.64.